The number of rotatable bonds is 3. The molecule has 3 heterocycles. The monoisotopic (exact) mass is 355 g/mol. The highest BCUT2D eigenvalue weighted by Crippen LogP contribution is 2.31. The number of hydrogen-bond acceptors (Lipinski definition) is 4. The molecule has 26 heavy (non-hydrogen) atoms. The molecule has 0 fully saturated rings. The van der Waals surface area contributed by atoms with Crippen molar-refractivity contribution in [1.82, 2.24) is 25.0 Å². The maximum atomic E-state index is 14.3. The van der Waals surface area contributed by atoms with E-state index in [9.17, 15) is 13.6 Å². The van der Waals surface area contributed by atoms with E-state index in [4.69, 9.17) is 5.11 Å². The van der Waals surface area contributed by atoms with E-state index < -0.39 is 28.7 Å². The summed E-state index contributed by atoms with van der Waals surface area (Å²) in [5.41, 5.74) is 1.07. The van der Waals surface area contributed by atoms with Gasteiger partial charge in [-0.15, -0.1) is 0 Å². The fourth-order valence-corrected chi connectivity index (χ4v) is 2.76. The van der Waals surface area contributed by atoms with Gasteiger partial charge in [0, 0.05) is 24.2 Å². The molecule has 1 aromatic carbocycles. The minimum Gasteiger partial charge on any atom is -0.478 e. The van der Waals surface area contributed by atoms with Gasteiger partial charge >= 0.3 is 5.97 Å². The summed E-state index contributed by atoms with van der Waals surface area (Å²) in [6.45, 7) is 0. The average Bonchev–Trinajstić information content (AvgIpc) is 3.19. The van der Waals surface area contributed by atoms with Crippen LogP contribution in [-0.2, 0) is 7.05 Å². The lowest BCUT2D eigenvalue weighted by Crippen LogP contribution is -2.01. The smallest absolute Gasteiger partial charge is 0.335 e. The number of nitrogens with zero attached hydrogens (tertiary/aromatic N) is 4. The van der Waals surface area contributed by atoms with Crippen LogP contribution < -0.4 is 0 Å². The highest BCUT2D eigenvalue weighted by Gasteiger charge is 2.19. The first-order valence-electron chi connectivity index (χ1n) is 7.50. The van der Waals surface area contributed by atoms with Gasteiger partial charge in [0.15, 0.2) is 0 Å². The predicted octanol–water partition coefficient (Wildman–Crippen LogP) is 3.00. The fraction of sp³-hybridized carbons (Fsp3) is 0.0588. The molecule has 0 spiro atoms. The van der Waals surface area contributed by atoms with Gasteiger partial charge in [0.05, 0.1) is 34.7 Å². The van der Waals surface area contributed by atoms with E-state index in [1.54, 1.807) is 24.1 Å². The third-order valence-corrected chi connectivity index (χ3v) is 3.97. The largest absolute Gasteiger partial charge is 0.478 e. The molecule has 0 radical (unpaired) electrons. The van der Waals surface area contributed by atoms with E-state index in [0.29, 0.717) is 16.6 Å². The van der Waals surface area contributed by atoms with E-state index in [0.717, 1.165) is 17.7 Å². The lowest BCUT2D eigenvalue weighted by atomic mass is 10.0. The standard InChI is InChI=1S/C17H11F2N5O2/c1-24-7-9(5-21-24)16-10-4-13(20-6-14(10)22-23-16)15-11(18)2-8(17(25)26)3-12(15)19/h2-7H,1H3,(H,22,23)(H,25,26). The zero-order valence-electron chi connectivity index (χ0n) is 13.4. The third-order valence-electron chi connectivity index (χ3n) is 3.97. The van der Waals surface area contributed by atoms with Crippen molar-refractivity contribution < 1.29 is 18.7 Å². The number of aromatic amines is 1. The quantitative estimate of drug-likeness (QED) is 0.589. The maximum Gasteiger partial charge on any atom is 0.335 e. The van der Waals surface area contributed by atoms with Gasteiger partial charge in [0.25, 0.3) is 0 Å². The lowest BCUT2D eigenvalue weighted by Gasteiger charge is -2.06. The number of H-pyrrole nitrogens is 1. The molecule has 0 aliphatic carbocycles. The Balaban J connectivity index is 1.90. The Labute approximate surface area is 144 Å². The Hall–Kier alpha value is -3.62. The highest BCUT2D eigenvalue weighted by atomic mass is 19.1. The normalized spacial score (nSPS) is 11.2. The molecule has 4 aromatic rings. The van der Waals surface area contributed by atoms with Crippen LogP contribution >= 0.6 is 0 Å². The molecule has 9 heteroatoms. The van der Waals surface area contributed by atoms with E-state index in [2.05, 4.69) is 20.3 Å². The molecular formula is C17H11F2N5O2. The summed E-state index contributed by atoms with van der Waals surface area (Å²) in [6.07, 6.45) is 4.80. The summed E-state index contributed by atoms with van der Waals surface area (Å²) < 4.78 is 30.3. The summed E-state index contributed by atoms with van der Waals surface area (Å²) in [4.78, 5) is 15.0. The van der Waals surface area contributed by atoms with Crippen LogP contribution in [0.3, 0.4) is 0 Å². The highest BCUT2D eigenvalue weighted by molar-refractivity contribution is 5.94. The Bertz CT molecular complexity index is 1140. The SMILES string of the molecule is Cn1cc(-c2n[nH]c3cnc(-c4c(F)cc(C(=O)O)cc4F)cc23)cn1. The van der Waals surface area contributed by atoms with Crippen LogP contribution in [0.25, 0.3) is 33.4 Å². The van der Waals surface area contributed by atoms with Crippen molar-refractivity contribution in [2.24, 2.45) is 7.05 Å². The van der Waals surface area contributed by atoms with Gasteiger partial charge in [-0.3, -0.25) is 14.8 Å². The summed E-state index contributed by atoms with van der Waals surface area (Å²) >= 11 is 0. The number of fused-ring (bicyclic) bond motifs is 1. The van der Waals surface area contributed by atoms with Crippen LogP contribution in [0.15, 0.2) is 36.8 Å². The van der Waals surface area contributed by atoms with Crippen molar-refractivity contribution in [1.29, 1.82) is 0 Å². The first-order chi connectivity index (χ1) is 12.4. The van der Waals surface area contributed by atoms with E-state index >= 15 is 0 Å². The molecule has 2 N–H and O–H groups in total. The molecule has 0 saturated carbocycles. The number of aryl methyl sites for hydroxylation is 1. The number of benzene rings is 1. The van der Waals surface area contributed by atoms with Gasteiger partial charge in [-0.05, 0) is 18.2 Å². The number of pyridine rings is 1. The Kier molecular flexibility index (Phi) is 3.50. The Morgan fingerprint density at radius 2 is 1.92 bits per heavy atom. The molecule has 3 aromatic heterocycles. The first-order valence-corrected chi connectivity index (χ1v) is 7.50. The second-order valence-electron chi connectivity index (χ2n) is 5.71. The van der Waals surface area contributed by atoms with Crippen molar-refractivity contribution in [2.45, 2.75) is 0 Å². The molecule has 0 atom stereocenters. The minimum atomic E-state index is -1.41. The van der Waals surface area contributed by atoms with Crippen molar-refractivity contribution in [3.63, 3.8) is 0 Å². The molecule has 0 aliphatic rings. The summed E-state index contributed by atoms with van der Waals surface area (Å²) in [7, 11) is 1.76. The van der Waals surface area contributed by atoms with Crippen molar-refractivity contribution in [3.05, 3.63) is 54.0 Å². The molecule has 0 amide bonds. The first kappa shape index (κ1) is 15.9. The average molecular weight is 355 g/mol. The van der Waals surface area contributed by atoms with Crippen LogP contribution in [-0.4, -0.2) is 36.0 Å². The van der Waals surface area contributed by atoms with Gasteiger partial charge in [-0.1, -0.05) is 0 Å². The van der Waals surface area contributed by atoms with Crippen LogP contribution in [0.1, 0.15) is 10.4 Å². The molecule has 0 unspecified atom stereocenters. The van der Waals surface area contributed by atoms with Gasteiger partial charge in [-0.25, -0.2) is 13.6 Å². The fourth-order valence-electron chi connectivity index (χ4n) is 2.76. The van der Waals surface area contributed by atoms with Crippen molar-refractivity contribution in [3.8, 4) is 22.5 Å². The number of hydrogen-bond donors (Lipinski definition) is 2. The van der Waals surface area contributed by atoms with Gasteiger partial charge in [-0.2, -0.15) is 10.2 Å². The number of halogens is 2. The predicted molar refractivity (Wildman–Crippen MR) is 88.4 cm³/mol. The molecular weight excluding hydrogens is 344 g/mol. The van der Waals surface area contributed by atoms with Gasteiger partial charge in [0.2, 0.25) is 0 Å². The molecule has 0 aliphatic heterocycles. The van der Waals surface area contributed by atoms with Crippen LogP contribution in [0.4, 0.5) is 8.78 Å². The van der Waals surface area contributed by atoms with Crippen LogP contribution in [0, 0.1) is 11.6 Å². The number of carbonyl (C=O) groups is 1. The number of carboxylic acid groups (broad SMARTS) is 1. The Morgan fingerprint density at radius 1 is 1.19 bits per heavy atom. The zero-order chi connectivity index (χ0) is 18.4. The second kappa shape index (κ2) is 5.73. The maximum absolute atomic E-state index is 14.3. The lowest BCUT2D eigenvalue weighted by molar-refractivity contribution is 0.0695. The number of aromatic nitrogens is 5. The zero-order valence-corrected chi connectivity index (χ0v) is 13.4. The summed E-state index contributed by atoms with van der Waals surface area (Å²) in [6, 6.07) is 3.04. The number of aromatic carboxylic acids is 1. The number of carboxylic acids is 1. The van der Waals surface area contributed by atoms with E-state index in [1.807, 2.05) is 0 Å². The molecule has 4 rings (SSSR count). The van der Waals surface area contributed by atoms with Crippen LogP contribution in [0.5, 0.6) is 0 Å². The summed E-state index contributed by atoms with van der Waals surface area (Å²) in [5.74, 6) is -3.41. The summed E-state index contributed by atoms with van der Waals surface area (Å²) in [5, 5.41) is 20.6. The second-order valence-corrected chi connectivity index (χ2v) is 5.71. The van der Waals surface area contributed by atoms with Crippen molar-refractivity contribution >= 4 is 16.9 Å². The van der Waals surface area contributed by atoms with Gasteiger partial charge < -0.3 is 5.11 Å². The topological polar surface area (TPSA) is 96.7 Å². The molecule has 7 nitrogen and oxygen atoms in total. The minimum absolute atomic E-state index is 0.0379. The Morgan fingerprint density at radius 3 is 2.54 bits per heavy atom. The van der Waals surface area contributed by atoms with E-state index in [1.165, 1.54) is 12.3 Å². The van der Waals surface area contributed by atoms with E-state index in [-0.39, 0.29) is 5.69 Å². The van der Waals surface area contributed by atoms with Crippen LogP contribution in [0.2, 0.25) is 0 Å². The third kappa shape index (κ3) is 2.50. The van der Waals surface area contributed by atoms with Crippen molar-refractivity contribution in [2.75, 3.05) is 0 Å². The molecule has 130 valence electrons. The number of nitrogens with one attached hydrogen (secondary N) is 1. The van der Waals surface area contributed by atoms with Gasteiger partial charge in [0.1, 0.15) is 17.3 Å². The molecule has 0 bridgehead atoms. The molecule has 0 saturated heterocycles.